The van der Waals surface area contributed by atoms with Crippen LogP contribution in [-0.4, -0.2) is 57.3 Å². The quantitative estimate of drug-likeness (QED) is 0.182. The SMILES string of the molecule is CCO[Si](CCCc1cc(CC)cc(CCC[Si](OCC)(OCC)OCC)c1)(OCC)OCC. The van der Waals surface area contributed by atoms with Gasteiger partial charge in [0.1, 0.15) is 0 Å². The van der Waals surface area contributed by atoms with Crippen LogP contribution in [0.2, 0.25) is 12.1 Å². The molecule has 0 N–H and O–H groups in total. The molecule has 0 unspecified atom stereocenters. The van der Waals surface area contributed by atoms with E-state index in [9.17, 15) is 0 Å². The highest BCUT2D eigenvalue weighted by atomic mass is 28.4. The van der Waals surface area contributed by atoms with Gasteiger partial charge in [-0.15, -0.1) is 0 Å². The van der Waals surface area contributed by atoms with Gasteiger partial charge in [0.05, 0.1) is 0 Å². The molecule has 1 aromatic rings. The lowest BCUT2D eigenvalue weighted by Crippen LogP contribution is -2.46. The molecule has 0 aliphatic heterocycles. The van der Waals surface area contributed by atoms with Crippen LogP contribution in [0.25, 0.3) is 0 Å². The van der Waals surface area contributed by atoms with Crippen LogP contribution in [0.1, 0.15) is 78.0 Å². The van der Waals surface area contributed by atoms with Crippen molar-refractivity contribution in [1.29, 1.82) is 0 Å². The van der Waals surface area contributed by atoms with Crippen LogP contribution in [0.4, 0.5) is 0 Å². The minimum Gasteiger partial charge on any atom is -0.374 e. The highest BCUT2D eigenvalue weighted by molar-refractivity contribution is 6.61. The molecule has 0 saturated carbocycles. The fraction of sp³-hybridized carbons (Fsp3) is 0.769. The summed E-state index contributed by atoms with van der Waals surface area (Å²) in [5.74, 6) is 0. The Kier molecular flexibility index (Phi) is 16.4. The third-order valence-corrected chi connectivity index (χ3v) is 11.9. The van der Waals surface area contributed by atoms with Crippen LogP contribution in [0.3, 0.4) is 0 Å². The Hall–Kier alpha value is -0.586. The van der Waals surface area contributed by atoms with Gasteiger partial charge in [-0.1, -0.05) is 25.1 Å². The van der Waals surface area contributed by atoms with Crippen molar-refractivity contribution in [2.24, 2.45) is 0 Å². The fourth-order valence-electron chi connectivity index (χ4n) is 4.35. The highest BCUT2D eigenvalue weighted by Crippen LogP contribution is 2.23. The first-order chi connectivity index (χ1) is 16.5. The second-order valence-electron chi connectivity index (χ2n) is 8.18. The lowest BCUT2D eigenvalue weighted by molar-refractivity contribution is 0.0700. The van der Waals surface area contributed by atoms with Crippen molar-refractivity contribution in [3.05, 3.63) is 34.9 Å². The Labute approximate surface area is 211 Å². The molecule has 0 aromatic heterocycles. The molecule has 0 atom stereocenters. The van der Waals surface area contributed by atoms with Crippen molar-refractivity contribution in [2.75, 3.05) is 39.6 Å². The zero-order valence-corrected chi connectivity index (χ0v) is 24.9. The van der Waals surface area contributed by atoms with Gasteiger partial charge in [0.15, 0.2) is 0 Å². The van der Waals surface area contributed by atoms with Crippen LogP contribution in [0.5, 0.6) is 0 Å². The molecule has 0 aliphatic carbocycles. The monoisotopic (exact) mass is 514 g/mol. The van der Waals surface area contributed by atoms with E-state index in [2.05, 4.69) is 25.1 Å². The van der Waals surface area contributed by atoms with Crippen molar-refractivity contribution in [1.82, 2.24) is 0 Å². The summed E-state index contributed by atoms with van der Waals surface area (Å²) in [5.41, 5.74) is 4.15. The molecule has 0 saturated heterocycles. The third kappa shape index (κ3) is 11.0. The molecule has 0 aliphatic rings. The van der Waals surface area contributed by atoms with Gasteiger partial charge in [0, 0.05) is 51.7 Å². The molecular weight excluding hydrogens is 464 g/mol. The second kappa shape index (κ2) is 17.8. The summed E-state index contributed by atoms with van der Waals surface area (Å²) in [6, 6.07) is 8.73. The van der Waals surface area contributed by atoms with Gasteiger partial charge in [-0.05, 0) is 90.3 Å². The van der Waals surface area contributed by atoms with Gasteiger partial charge in [-0.3, -0.25) is 0 Å². The van der Waals surface area contributed by atoms with Crippen LogP contribution < -0.4 is 0 Å². The molecule has 0 bridgehead atoms. The average molecular weight is 515 g/mol. The maximum Gasteiger partial charge on any atom is 0.500 e. The molecule has 1 rings (SSSR count). The lowest BCUT2D eigenvalue weighted by atomic mass is 9.99. The van der Waals surface area contributed by atoms with Gasteiger partial charge >= 0.3 is 17.6 Å². The smallest absolute Gasteiger partial charge is 0.374 e. The minimum atomic E-state index is -2.59. The van der Waals surface area contributed by atoms with Gasteiger partial charge in [0.25, 0.3) is 0 Å². The van der Waals surface area contributed by atoms with E-state index in [0.717, 1.165) is 44.2 Å². The molecular formula is C26H50O6Si2. The van der Waals surface area contributed by atoms with Crippen molar-refractivity contribution < 1.29 is 26.6 Å². The Morgan fingerprint density at radius 2 is 0.765 bits per heavy atom. The standard InChI is InChI=1S/C26H50O6Si2/c1-8-24-21-25(17-15-19-33(27-9-2,28-10-3)29-11-4)23-26(22-24)18-16-20-34(30-12-5,31-13-6)32-14-7/h21-23H,8-20H2,1-7H3. The molecule has 34 heavy (non-hydrogen) atoms. The van der Waals surface area contributed by atoms with Crippen molar-refractivity contribution in [3.63, 3.8) is 0 Å². The van der Waals surface area contributed by atoms with E-state index in [1.807, 2.05) is 41.5 Å². The molecule has 0 amide bonds. The van der Waals surface area contributed by atoms with Crippen molar-refractivity contribution in [2.45, 2.75) is 92.7 Å². The van der Waals surface area contributed by atoms with E-state index in [-0.39, 0.29) is 0 Å². The van der Waals surface area contributed by atoms with E-state index in [1.54, 1.807) is 0 Å². The van der Waals surface area contributed by atoms with E-state index >= 15 is 0 Å². The Morgan fingerprint density at radius 1 is 0.471 bits per heavy atom. The molecule has 1 aromatic carbocycles. The summed E-state index contributed by atoms with van der Waals surface area (Å²) in [4.78, 5) is 0. The van der Waals surface area contributed by atoms with Crippen molar-refractivity contribution in [3.8, 4) is 0 Å². The summed E-state index contributed by atoms with van der Waals surface area (Å²) in [7, 11) is -5.18. The summed E-state index contributed by atoms with van der Waals surface area (Å²) < 4.78 is 36.1. The van der Waals surface area contributed by atoms with E-state index in [0.29, 0.717) is 39.6 Å². The first kappa shape index (κ1) is 31.4. The molecule has 198 valence electrons. The molecule has 0 heterocycles. The maximum atomic E-state index is 6.02. The first-order valence-corrected chi connectivity index (χ1v) is 17.3. The normalized spacial score (nSPS) is 12.4. The summed E-state index contributed by atoms with van der Waals surface area (Å²) in [6.45, 7) is 18.0. The zero-order chi connectivity index (χ0) is 25.3. The van der Waals surface area contributed by atoms with Crippen LogP contribution in [-0.2, 0) is 45.8 Å². The van der Waals surface area contributed by atoms with Crippen LogP contribution in [0.15, 0.2) is 18.2 Å². The predicted molar refractivity (Wildman–Crippen MR) is 143 cm³/mol. The number of rotatable bonds is 21. The molecule has 0 radical (unpaired) electrons. The van der Waals surface area contributed by atoms with E-state index in [4.69, 9.17) is 26.6 Å². The fourth-order valence-corrected chi connectivity index (χ4v) is 9.58. The summed E-state index contributed by atoms with van der Waals surface area (Å²) >= 11 is 0. The zero-order valence-electron chi connectivity index (χ0n) is 22.9. The van der Waals surface area contributed by atoms with Crippen molar-refractivity contribution >= 4 is 17.6 Å². The topological polar surface area (TPSA) is 55.4 Å². The minimum absolute atomic E-state index is 0.623. The van der Waals surface area contributed by atoms with Gasteiger partial charge in [-0.2, -0.15) is 0 Å². The summed E-state index contributed by atoms with van der Waals surface area (Å²) in [6.07, 6.45) is 5.02. The molecule has 8 heteroatoms. The van der Waals surface area contributed by atoms with E-state index < -0.39 is 17.6 Å². The van der Waals surface area contributed by atoms with Crippen LogP contribution in [0, 0.1) is 0 Å². The Morgan fingerprint density at radius 3 is 1.03 bits per heavy atom. The summed E-state index contributed by atoms with van der Waals surface area (Å²) in [5, 5.41) is 0. The highest BCUT2D eigenvalue weighted by Gasteiger charge is 2.40. The maximum absolute atomic E-state index is 6.02. The second-order valence-corrected chi connectivity index (χ2v) is 13.6. The first-order valence-electron chi connectivity index (χ1n) is 13.4. The molecule has 0 fully saturated rings. The molecule has 0 spiro atoms. The molecule has 6 nitrogen and oxygen atoms in total. The van der Waals surface area contributed by atoms with Crippen LogP contribution >= 0.6 is 0 Å². The number of hydrogen-bond acceptors (Lipinski definition) is 6. The number of hydrogen-bond donors (Lipinski definition) is 0. The predicted octanol–water partition coefficient (Wildman–Crippen LogP) is 6.21. The Bertz CT molecular complexity index is 574. The number of aryl methyl sites for hydroxylation is 3. The third-order valence-electron chi connectivity index (χ3n) is 5.60. The van der Waals surface area contributed by atoms with Gasteiger partial charge < -0.3 is 26.6 Å². The van der Waals surface area contributed by atoms with Gasteiger partial charge in [0.2, 0.25) is 0 Å². The van der Waals surface area contributed by atoms with E-state index in [1.165, 1.54) is 16.7 Å². The largest absolute Gasteiger partial charge is 0.500 e. The van der Waals surface area contributed by atoms with Gasteiger partial charge in [-0.25, -0.2) is 0 Å². The Balaban J connectivity index is 2.83. The lowest BCUT2D eigenvalue weighted by Gasteiger charge is -2.28. The average Bonchev–Trinajstić information content (AvgIpc) is 2.80. The number of benzene rings is 1.